The van der Waals surface area contributed by atoms with Gasteiger partial charge in [0.15, 0.2) is 0 Å². The second-order valence-corrected chi connectivity index (χ2v) is 11.9. The Kier molecular flexibility index (Phi) is 4.82. The summed E-state index contributed by atoms with van der Waals surface area (Å²) >= 11 is 0. The molecule has 1 saturated heterocycles. The van der Waals surface area contributed by atoms with Gasteiger partial charge in [-0.25, -0.2) is 0 Å². The lowest BCUT2D eigenvalue weighted by atomic mass is 9.43. The summed E-state index contributed by atoms with van der Waals surface area (Å²) in [4.78, 5) is 2.31. The summed E-state index contributed by atoms with van der Waals surface area (Å²) in [5, 5.41) is 47.3. The fourth-order valence-corrected chi connectivity index (χ4v) is 10.9. The van der Waals surface area contributed by atoms with Crippen LogP contribution >= 0.6 is 0 Å². The SMILES string of the molecule is COC[C@@]12CC[C@H](OC)[C@@]34[C@@H]5C[C@@]6(O)[C@H](O)[C@H]5[C@@](O)([C@@H]([C@@H](OC)[C@@H]13)[C@H]4N(C)C2)[C@H](O)[C@@H]6OC. The number of hydrogen-bond donors (Lipinski definition) is 4. The van der Waals surface area contributed by atoms with E-state index >= 15 is 0 Å². The molecule has 0 aromatic carbocycles. The van der Waals surface area contributed by atoms with E-state index in [4.69, 9.17) is 18.9 Å². The Balaban J connectivity index is 1.66. The maximum atomic E-state index is 12.5. The highest BCUT2D eigenvalue weighted by molar-refractivity contribution is 5.39. The van der Waals surface area contributed by atoms with E-state index < -0.39 is 46.8 Å². The predicted molar refractivity (Wildman–Crippen MR) is 115 cm³/mol. The first kappa shape index (κ1) is 23.1. The Hall–Kier alpha value is -0.360. The molecule has 0 amide bonds. The molecule has 0 aromatic rings. The van der Waals surface area contributed by atoms with Gasteiger partial charge in [-0.1, -0.05) is 0 Å². The Morgan fingerprint density at radius 2 is 1.70 bits per heavy atom. The third kappa shape index (κ3) is 2.15. The molecule has 9 nitrogen and oxygen atoms in total. The Bertz CT molecular complexity index is 830. The molecular weight excluding hydrogens is 430 g/mol. The summed E-state index contributed by atoms with van der Waals surface area (Å²) in [7, 11) is 8.66. The molecule has 14 atom stereocenters. The monoisotopic (exact) mass is 469 g/mol. The van der Waals surface area contributed by atoms with Crippen molar-refractivity contribution in [3.05, 3.63) is 0 Å². The smallest absolute Gasteiger partial charge is 0.120 e. The number of aliphatic hydroxyl groups is 4. The molecule has 1 heterocycles. The van der Waals surface area contributed by atoms with Crippen LogP contribution in [-0.2, 0) is 18.9 Å². The minimum Gasteiger partial charge on any atom is -0.390 e. The predicted octanol–water partition coefficient (Wildman–Crippen LogP) is -1.15. The zero-order chi connectivity index (χ0) is 23.7. The third-order valence-electron chi connectivity index (χ3n) is 11.3. The maximum Gasteiger partial charge on any atom is 0.120 e. The van der Waals surface area contributed by atoms with Crippen molar-refractivity contribution in [3.8, 4) is 0 Å². The fraction of sp³-hybridized carbons (Fsp3) is 1.00. The zero-order valence-electron chi connectivity index (χ0n) is 20.2. The Labute approximate surface area is 194 Å². The maximum absolute atomic E-state index is 12.5. The lowest BCUT2D eigenvalue weighted by molar-refractivity contribution is -0.314. The highest BCUT2D eigenvalue weighted by Crippen LogP contribution is 2.79. The number of rotatable bonds is 5. The molecule has 0 radical (unpaired) electrons. The van der Waals surface area contributed by atoms with Crippen LogP contribution in [0, 0.1) is 34.5 Å². The van der Waals surface area contributed by atoms with E-state index in [0.717, 1.165) is 19.4 Å². The summed E-state index contributed by atoms with van der Waals surface area (Å²) < 4.78 is 23.9. The van der Waals surface area contributed by atoms with Gasteiger partial charge in [0, 0.05) is 69.6 Å². The quantitative estimate of drug-likeness (QED) is 0.396. The van der Waals surface area contributed by atoms with Crippen LogP contribution in [0.3, 0.4) is 0 Å². The van der Waals surface area contributed by atoms with E-state index in [9.17, 15) is 20.4 Å². The van der Waals surface area contributed by atoms with Gasteiger partial charge in [0.05, 0.1) is 24.9 Å². The van der Waals surface area contributed by atoms with E-state index in [1.165, 1.54) is 7.11 Å². The zero-order valence-corrected chi connectivity index (χ0v) is 20.2. The van der Waals surface area contributed by atoms with Crippen LogP contribution in [-0.4, -0.2) is 122 Å². The molecule has 1 spiro atoms. The number of fused-ring (bicyclic) bond motifs is 2. The summed E-state index contributed by atoms with van der Waals surface area (Å²) in [6.07, 6.45) is -2.14. The number of likely N-dealkylation sites (tertiary alicyclic amines) is 1. The largest absolute Gasteiger partial charge is 0.390 e. The second-order valence-electron chi connectivity index (χ2n) is 11.9. The lowest BCUT2D eigenvalue weighted by Gasteiger charge is -2.69. The molecule has 6 rings (SSSR count). The fourth-order valence-electron chi connectivity index (χ4n) is 10.9. The third-order valence-corrected chi connectivity index (χ3v) is 11.3. The van der Waals surface area contributed by atoms with Crippen molar-refractivity contribution in [2.24, 2.45) is 34.5 Å². The molecule has 0 aromatic heterocycles. The minimum atomic E-state index is -1.67. The molecule has 1 aliphatic heterocycles. The summed E-state index contributed by atoms with van der Waals surface area (Å²) in [5.74, 6) is -1.44. The molecule has 188 valence electrons. The molecular formula is C24H39NO8. The molecule has 4 N–H and O–H groups in total. The van der Waals surface area contributed by atoms with Gasteiger partial charge in [-0.2, -0.15) is 0 Å². The first-order chi connectivity index (χ1) is 15.6. The van der Waals surface area contributed by atoms with Crippen LogP contribution in [0.15, 0.2) is 0 Å². The molecule has 7 bridgehead atoms. The van der Waals surface area contributed by atoms with Crippen molar-refractivity contribution >= 4 is 0 Å². The molecule has 6 aliphatic rings. The van der Waals surface area contributed by atoms with Gasteiger partial charge in [0.2, 0.25) is 0 Å². The van der Waals surface area contributed by atoms with Crippen molar-refractivity contribution in [2.45, 2.75) is 67.0 Å². The van der Waals surface area contributed by atoms with Gasteiger partial charge in [-0.15, -0.1) is 0 Å². The van der Waals surface area contributed by atoms with Gasteiger partial charge in [0.25, 0.3) is 0 Å². The average Bonchev–Trinajstić information content (AvgIpc) is 3.16. The first-order valence-corrected chi connectivity index (χ1v) is 12.2. The van der Waals surface area contributed by atoms with Crippen molar-refractivity contribution in [2.75, 3.05) is 48.6 Å². The normalized spacial score (nSPS) is 63.2. The van der Waals surface area contributed by atoms with Crippen LogP contribution < -0.4 is 0 Å². The van der Waals surface area contributed by atoms with Gasteiger partial charge >= 0.3 is 0 Å². The van der Waals surface area contributed by atoms with Crippen LogP contribution in [0.25, 0.3) is 0 Å². The van der Waals surface area contributed by atoms with Crippen molar-refractivity contribution in [1.29, 1.82) is 0 Å². The van der Waals surface area contributed by atoms with Gasteiger partial charge in [-0.3, -0.25) is 0 Å². The van der Waals surface area contributed by atoms with Crippen LogP contribution in [0.4, 0.5) is 0 Å². The number of hydrogen-bond acceptors (Lipinski definition) is 9. The first-order valence-electron chi connectivity index (χ1n) is 12.2. The van der Waals surface area contributed by atoms with E-state index in [1.54, 1.807) is 21.3 Å². The van der Waals surface area contributed by atoms with Gasteiger partial charge < -0.3 is 44.3 Å². The molecule has 5 saturated carbocycles. The van der Waals surface area contributed by atoms with Gasteiger partial charge in [-0.05, 0) is 32.2 Å². The number of nitrogens with zero attached hydrogens (tertiary/aromatic N) is 1. The van der Waals surface area contributed by atoms with Crippen LogP contribution in [0.5, 0.6) is 0 Å². The van der Waals surface area contributed by atoms with Crippen molar-refractivity contribution in [1.82, 2.24) is 4.90 Å². The minimum absolute atomic E-state index is 0.00206. The highest BCUT2D eigenvalue weighted by Gasteiger charge is 2.89. The van der Waals surface area contributed by atoms with E-state index in [-0.39, 0.29) is 41.9 Å². The number of ether oxygens (including phenoxy) is 4. The summed E-state index contributed by atoms with van der Waals surface area (Å²) in [6, 6.07) is -0.131. The lowest BCUT2D eigenvalue weighted by Crippen LogP contribution is -2.79. The number of methoxy groups -OCH3 is 4. The molecule has 0 unspecified atom stereocenters. The molecule has 5 aliphatic carbocycles. The topological polar surface area (TPSA) is 121 Å². The van der Waals surface area contributed by atoms with E-state index in [1.807, 2.05) is 0 Å². The van der Waals surface area contributed by atoms with Crippen LogP contribution in [0.1, 0.15) is 19.3 Å². The summed E-state index contributed by atoms with van der Waals surface area (Å²) in [5.41, 5.74) is -3.98. The van der Waals surface area contributed by atoms with E-state index in [0.29, 0.717) is 6.61 Å². The van der Waals surface area contributed by atoms with Gasteiger partial charge in [0.1, 0.15) is 23.4 Å². The molecule has 9 heteroatoms. The van der Waals surface area contributed by atoms with E-state index in [2.05, 4.69) is 11.9 Å². The average molecular weight is 470 g/mol. The molecule has 6 fully saturated rings. The second kappa shape index (κ2) is 6.89. The van der Waals surface area contributed by atoms with Crippen molar-refractivity contribution < 1.29 is 39.4 Å². The molecule has 33 heavy (non-hydrogen) atoms. The Morgan fingerprint density at radius 1 is 0.970 bits per heavy atom. The standard InChI is InChI=1S/C24H39NO8/c1-25-9-21(10-30-2)7-6-12(31-3)23-11-8-22(28)18(26)13(11)24(29,19(27)20(22)33-5)14(17(23)25)15(32-4)16(21)23/h11-20,26-29H,6-10H2,1-5H3/t11-,12+,13+,14+,15-,16+,17-,18-,19-,20+,21+,22-,23+,24-/m1/s1. The van der Waals surface area contributed by atoms with Crippen LogP contribution in [0.2, 0.25) is 0 Å². The van der Waals surface area contributed by atoms with Crippen molar-refractivity contribution in [3.63, 3.8) is 0 Å². The number of piperidine rings is 1. The Morgan fingerprint density at radius 3 is 2.30 bits per heavy atom. The number of aliphatic hydroxyl groups excluding tert-OH is 2. The highest BCUT2D eigenvalue weighted by atomic mass is 16.5. The summed E-state index contributed by atoms with van der Waals surface area (Å²) in [6.45, 7) is 1.36.